The molecule has 2 rings (SSSR count). The number of likely N-dealkylation sites (N-methyl/N-ethyl adjacent to an activating group) is 1. The molecule has 0 saturated carbocycles. The van der Waals surface area contributed by atoms with Gasteiger partial charge in [0.05, 0.1) is 0 Å². The SMILES string of the molecule is CN(C)C1CCN(Cc2cc(F)[c]cc2NC=O)C1. The summed E-state index contributed by atoms with van der Waals surface area (Å²) in [6.45, 7) is 2.60. The third-order valence-electron chi connectivity index (χ3n) is 3.59. The van der Waals surface area contributed by atoms with Crippen molar-refractivity contribution in [3.63, 3.8) is 0 Å². The molecule has 1 fully saturated rings. The summed E-state index contributed by atoms with van der Waals surface area (Å²) < 4.78 is 13.3. The Balaban J connectivity index is 2.06. The fourth-order valence-corrected chi connectivity index (χ4v) is 2.45. The van der Waals surface area contributed by atoms with Crippen LogP contribution in [0.4, 0.5) is 10.1 Å². The topological polar surface area (TPSA) is 35.6 Å². The molecule has 1 heterocycles. The van der Waals surface area contributed by atoms with E-state index in [0.717, 1.165) is 25.1 Å². The molecule has 1 unspecified atom stereocenters. The maximum absolute atomic E-state index is 13.3. The number of halogens is 1. The molecule has 1 aliphatic rings. The van der Waals surface area contributed by atoms with Crippen molar-refractivity contribution in [2.24, 2.45) is 0 Å². The Kier molecular flexibility index (Phi) is 4.50. The van der Waals surface area contributed by atoms with Gasteiger partial charge in [0, 0.05) is 37.4 Å². The molecule has 4 nitrogen and oxygen atoms in total. The molecule has 0 aliphatic carbocycles. The van der Waals surface area contributed by atoms with Gasteiger partial charge in [-0.25, -0.2) is 4.39 Å². The second-order valence-electron chi connectivity index (χ2n) is 5.12. The Morgan fingerprint density at radius 3 is 3.05 bits per heavy atom. The van der Waals surface area contributed by atoms with Crippen molar-refractivity contribution in [3.05, 3.63) is 29.6 Å². The van der Waals surface area contributed by atoms with E-state index >= 15 is 0 Å². The molecule has 1 radical (unpaired) electrons. The van der Waals surface area contributed by atoms with Crippen molar-refractivity contribution >= 4 is 12.1 Å². The number of likely N-dealkylation sites (tertiary alicyclic amines) is 1. The van der Waals surface area contributed by atoms with E-state index in [9.17, 15) is 9.18 Å². The molecule has 1 saturated heterocycles. The Bertz CT molecular complexity index is 450. The molecule has 19 heavy (non-hydrogen) atoms. The van der Waals surface area contributed by atoms with Crippen LogP contribution in [0.25, 0.3) is 0 Å². The minimum Gasteiger partial charge on any atom is -0.328 e. The lowest BCUT2D eigenvalue weighted by Crippen LogP contribution is -2.31. The summed E-state index contributed by atoms with van der Waals surface area (Å²) in [5.41, 5.74) is 1.42. The summed E-state index contributed by atoms with van der Waals surface area (Å²) in [6.07, 6.45) is 1.72. The Morgan fingerprint density at radius 1 is 1.63 bits per heavy atom. The summed E-state index contributed by atoms with van der Waals surface area (Å²) in [4.78, 5) is 15.0. The summed E-state index contributed by atoms with van der Waals surface area (Å²) >= 11 is 0. The quantitative estimate of drug-likeness (QED) is 0.815. The van der Waals surface area contributed by atoms with Gasteiger partial charge in [0.15, 0.2) is 0 Å². The normalized spacial score (nSPS) is 19.9. The van der Waals surface area contributed by atoms with Gasteiger partial charge in [0.2, 0.25) is 6.41 Å². The molecule has 0 aromatic heterocycles. The Morgan fingerprint density at radius 2 is 2.42 bits per heavy atom. The van der Waals surface area contributed by atoms with E-state index in [0.29, 0.717) is 24.7 Å². The van der Waals surface area contributed by atoms with Gasteiger partial charge in [-0.05, 0) is 38.2 Å². The number of carbonyl (C=O) groups is 1. The third-order valence-corrected chi connectivity index (χ3v) is 3.59. The smallest absolute Gasteiger partial charge is 0.211 e. The van der Waals surface area contributed by atoms with Crippen LogP contribution >= 0.6 is 0 Å². The average molecular weight is 264 g/mol. The van der Waals surface area contributed by atoms with Crippen LogP contribution < -0.4 is 5.32 Å². The first-order valence-corrected chi connectivity index (χ1v) is 6.39. The van der Waals surface area contributed by atoms with E-state index < -0.39 is 5.82 Å². The first kappa shape index (κ1) is 14.0. The fraction of sp³-hybridized carbons (Fsp3) is 0.500. The van der Waals surface area contributed by atoms with Crippen LogP contribution in [-0.2, 0) is 11.3 Å². The molecule has 1 aromatic carbocycles. The van der Waals surface area contributed by atoms with Gasteiger partial charge in [-0.15, -0.1) is 0 Å². The number of hydrogen-bond donors (Lipinski definition) is 1. The molecule has 1 amide bonds. The number of nitrogens with zero attached hydrogens (tertiary/aromatic N) is 2. The molecule has 0 bridgehead atoms. The summed E-state index contributed by atoms with van der Waals surface area (Å²) in [6, 6.07) is 5.93. The van der Waals surface area contributed by atoms with Gasteiger partial charge >= 0.3 is 0 Å². The second kappa shape index (κ2) is 6.12. The minimum absolute atomic E-state index is 0.394. The van der Waals surface area contributed by atoms with Gasteiger partial charge in [0.25, 0.3) is 0 Å². The molecular weight excluding hydrogens is 245 g/mol. The maximum Gasteiger partial charge on any atom is 0.211 e. The van der Waals surface area contributed by atoms with E-state index in [1.165, 1.54) is 12.1 Å². The lowest BCUT2D eigenvalue weighted by molar-refractivity contribution is -0.105. The number of hydrogen-bond acceptors (Lipinski definition) is 3. The third kappa shape index (κ3) is 3.52. The highest BCUT2D eigenvalue weighted by Crippen LogP contribution is 2.21. The summed E-state index contributed by atoms with van der Waals surface area (Å²) in [5.74, 6) is -0.394. The van der Waals surface area contributed by atoms with Crippen molar-refractivity contribution in [1.29, 1.82) is 0 Å². The zero-order valence-electron chi connectivity index (χ0n) is 11.3. The molecule has 1 N–H and O–H groups in total. The zero-order chi connectivity index (χ0) is 13.8. The lowest BCUT2D eigenvalue weighted by atomic mass is 10.1. The zero-order valence-corrected chi connectivity index (χ0v) is 11.3. The van der Waals surface area contributed by atoms with Crippen LogP contribution in [0, 0.1) is 11.9 Å². The van der Waals surface area contributed by atoms with Crippen molar-refractivity contribution < 1.29 is 9.18 Å². The largest absolute Gasteiger partial charge is 0.328 e. The minimum atomic E-state index is -0.394. The highest BCUT2D eigenvalue weighted by atomic mass is 19.1. The van der Waals surface area contributed by atoms with Crippen molar-refractivity contribution in [3.8, 4) is 0 Å². The fourth-order valence-electron chi connectivity index (χ4n) is 2.45. The molecule has 0 spiro atoms. The van der Waals surface area contributed by atoms with Gasteiger partial charge in [0.1, 0.15) is 5.82 Å². The molecule has 5 heteroatoms. The highest BCUT2D eigenvalue weighted by Gasteiger charge is 2.24. The highest BCUT2D eigenvalue weighted by molar-refractivity contribution is 5.73. The number of carbonyl (C=O) groups excluding carboxylic acids is 1. The number of amides is 1. The average Bonchev–Trinajstić information content (AvgIpc) is 2.81. The Labute approximate surface area is 113 Å². The van der Waals surface area contributed by atoms with E-state index in [2.05, 4.69) is 35.3 Å². The van der Waals surface area contributed by atoms with Crippen molar-refractivity contribution in [2.75, 3.05) is 32.5 Å². The molecule has 1 aliphatic heterocycles. The predicted octanol–water partition coefficient (Wildman–Crippen LogP) is 1.33. The molecule has 1 aromatic rings. The monoisotopic (exact) mass is 264 g/mol. The molecular formula is C14H19FN3O. The van der Waals surface area contributed by atoms with Crippen molar-refractivity contribution in [1.82, 2.24) is 9.80 Å². The number of rotatable bonds is 5. The van der Waals surface area contributed by atoms with Crippen LogP contribution in [0.2, 0.25) is 0 Å². The first-order chi connectivity index (χ1) is 9.10. The first-order valence-electron chi connectivity index (χ1n) is 6.39. The number of anilines is 1. The van der Waals surface area contributed by atoms with Crippen LogP contribution in [0.5, 0.6) is 0 Å². The molecule has 103 valence electrons. The Hall–Kier alpha value is -1.46. The standard InChI is InChI=1S/C14H19FN3O/c1-17(2)13-5-6-18(9-13)8-11-7-12(15)3-4-14(11)16-10-19/h4,7,10,13H,5-6,8-9H2,1-2H3,(H,16,19). The molecule has 1 atom stereocenters. The van der Waals surface area contributed by atoms with E-state index in [4.69, 9.17) is 0 Å². The van der Waals surface area contributed by atoms with Crippen LogP contribution in [0.3, 0.4) is 0 Å². The van der Waals surface area contributed by atoms with Crippen LogP contribution in [0.1, 0.15) is 12.0 Å². The van der Waals surface area contributed by atoms with Gasteiger partial charge in [-0.3, -0.25) is 9.69 Å². The van der Waals surface area contributed by atoms with E-state index in [-0.39, 0.29) is 0 Å². The van der Waals surface area contributed by atoms with Gasteiger partial charge in [-0.1, -0.05) is 0 Å². The second-order valence-corrected chi connectivity index (χ2v) is 5.12. The summed E-state index contributed by atoms with van der Waals surface area (Å²) in [7, 11) is 4.15. The van der Waals surface area contributed by atoms with E-state index in [1.54, 1.807) is 0 Å². The maximum atomic E-state index is 13.3. The number of nitrogens with one attached hydrogen (secondary N) is 1. The summed E-state index contributed by atoms with van der Waals surface area (Å²) in [5, 5.41) is 2.60. The van der Waals surface area contributed by atoms with Gasteiger partial charge < -0.3 is 10.2 Å². The predicted molar refractivity (Wildman–Crippen MR) is 72.3 cm³/mol. The van der Waals surface area contributed by atoms with Gasteiger partial charge in [-0.2, -0.15) is 0 Å². The lowest BCUT2D eigenvalue weighted by Gasteiger charge is -2.21. The number of benzene rings is 1. The van der Waals surface area contributed by atoms with Crippen molar-refractivity contribution in [2.45, 2.75) is 19.0 Å². The van der Waals surface area contributed by atoms with E-state index in [1.807, 2.05) is 0 Å². The van der Waals surface area contributed by atoms with Crippen LogP contribution in [0.15, 0.2) is 12.1 Å². The van der Waals surface area contributed by atoms with Crippen LogP contribution in [-0.4, -0.2) is 49.4 Å².